The van der Waals surface area contributed by atoms with E-state index >= 15 is 0 Å². The molecule has 1 heterocycles. The summed E-state index contributed by atoms with van der Waals surface area (Å²) in [6.07, 6.45) is 0.771. The van der Waals surface area contributed by atoms with Crippen LogP contribution < -0.4 is 15.2 Å². The van der Waals surface area contributed by atoms with Crippen LogP contribution in [0.25, 0.3) is 0 Å². The number of hydrogen-bond donors (Lipinski definition) is 1. The summed E-state index contributed by atoms with van der Waals surface area (Å²) in [6.45, 7) is 2.08. The summed E-state index contributed by atoms with van der Waals surface area (Å²) < 4.78 is 11.7. The van der Waals surface area contributed by atoms with Crippen molar-refractivity contribution in [2.24, 2.45) is 5.73 Å². The molecule has 1 atom stereocenters. The Morgan fingerprint density at radius 2 is 1.90 bits per heavy atom. The van der Waals surface area contributed by atoms with Crippen molar-refractivity contribution in [2.45, 2.75) is 19.4 Å². The molecule has 0 saturated carbocycles. The maximum atomic E-state index is 6.29. The van der Waals surface area contributed by atoms with Crippen LogP contribution in [0, 0.1) is 6.92 Å². The van der Waals surface area contributed by atoms with Gasteiger partial charge in [-0.3, -0.25) is 0 Å². The molecule has 2 aromatic rings. The van der Waals surface area contributed by atoms with Gasteiger partial charge in [-0.25, -0.2) is 0 Å². The van der Waals surface area contributed by atoms with Crippen LogP contribution in [0.15, 0.2) is 28.1 Å². The average Bonchev–Trinajstić information content (AvgIpc) is 2.78. The van der Waals surface area contributed by atoms with E-state index in [1.165, 1.54) is 10.4 Å². The van der Waals surface area contributed by atoms with E-state index in [0.717, 1.165) is 27.3 Å². The SMILES string of the molecule is COc1ccc(CC(N)c2cc(C)c(Br)s2)cc1OC. The first-order valence-electron chi connectivity index (χ1n) is 6.27. The first kappa shape index (κ1) is 15.4. The summed E-state index contributed by atoms with van der Waals surface area (Å²) in [7, 11) is 3.27. The Kier molecular flexibility index (Phi) is 5.07. The average molecular weight is 356 g/mol. The van der Waals surface area contributed by atoms with Gasteiger partial charge >= 0.3 is 0 Å². The highest BCUT2D eigenvalue weighted by atomic mass is 79.9. The molecule has 1 aromatic carbocycles. The molecule has 0 amide bonds. The van der Waals surface area contributed by atoms with Gasteiger partial charge < -0.3 is 15.2 Å². The third-order valence-corrected chi connectivity index (χ3v) is 5.41. The van der Waals surface area contributed by atoms with Crippen molar-refractivity contribution in [2.75, 3.05) is 14.2 Å². The van der Waals surface area contributed by atoms with Gasteiger partial charge in [-0.2, -0.15) is 0 Å². The second kappa shape index (κ2) is 6.61. The van der Waals surface area contributed by atoms with Crippen molar-refractivity contribution in [3.05, 3.63) is 44.1 Å². The van der Waals surface area contributed by atoms with E-state index in [9.17, 15) is 0 Å². The van der Waals surface area contributed by atoms with Crippen LogP contribution in [0.3, 0.4) is 0 Å². The summed E-state index contributed by atoms with van der Waals surface area (Å²) in [6, 6.07) is 8.05. The van der Waals surface area contributed by atoms with E-state index in [1.807, 2.05) is 18.2 Å². The highest BCUT2D eigenvalue weighted by Gasteiger charge is 2.13. The topological polar surface area (TPSA) is 44.5 Å². The highest BCUT2D eigenvalue weighted by Crippen LogP contribution is 2.33. The molecule has 0 fully saturated rings. The second-order valence-corrected chi connectivity index (χ2v) is 7.01. The van der Waals surface area contributed by atoms with Crippen molar-refractivity contribution in [3.8, 4) is 11.5 Å². The Bertz CT molecular complexity index is 578. The van der Waals surface area contributed by atoms with Gasteiger partial charge in [-0.05, 0) is 58.6 Å². The fourth-order valence-corrected chi connectivity index (χ4v) is 3.60. The zero-order valence-corrected chi connectivity index (χ0v) is 14.2. The third kappa shape index (κ3) is 3.34. The van der Waals surface area contributed by atoms with Crippen LogP contribution in [0.5, 0.6) is 11.5 Å². The van der Waals surface area contributed by atoms with Crippen LogP contribution in [0.2, 0.25) is 0 Å². The quantitative estimate of drug-likeness (QED) is 0.878. The van der Waals surface area contributed by atoms with Crippen molar-refractivity contribution < 1.29 is 9.47 Å². The van der Waals surface area contributed by atoms with Gasteiger partial charge in [-0.1, -0.05) is 6.07 Å². The number of methoxy groups -OCH3 is 2. The molecular weight excluding hydrogens is 338 g/mol. The Morgan fingerprint density at radius 1 is 1.20 bits per heavy atom. The normalized spacial score (nSPS) is 12.2. The number of halogens is 1. The number of rotatable bonds is 5. The molecule has 0 aliphatic carbocycles. The Morgan fingerprint density at radius 3 is 2.45 bits per heavy atom. The third-order valence-electron chi connectivity index (χ3n) is 3.15. The molecule has 0 bridgehead atoms. The summed E-state index contributed by atoms with van der Waals surface area (Å²) >= 11 is 5.23. The molecule has 2 rings (SSSR count). The fraction of sp³-hybridized carbons (Fsp3) is 0.333. The monoisotopic (exact) mass is 355 g/mol. The van der Waals surface area contributed by atoms with Crippen LogP contribution >= 0.6 is 27.3 Å². The molecule has 3 nitrogen and oxygen atoms in total. The lowest BCUT2D eigenvalue weighted by Crippen LogP contribution is -2.11. The van der Waals surface area contributed by atoms with Crippen molar-refractivity contribution >= 4 is 27.3 Å². The van der Waals surface area contributed by atoms with E-state index in [2.05, 4.69) is 28.9 Å². The lowest BCUT2D eigenvalue weighted by atomic mass is 10.0. The zero-order chi connectivity index (χ0) is 14.7. The molecule has 2 N–H and O–H groups in total. The number of benzene rings is 1. The Labute approximate surface area is 131 Å². The van der Waals surface area contributed by atoms with E-state index < -0.39 is 0 Å². The molecule has 1 aromatic heterocycles. The summed E-state index contributed by atoms with van der Waals surface area (Å²) in [5.74, 6) is 1.47. The first-order chi connectivity index (χ1) is 9.55. The van der Waals surface area contributed by atoms with Crippen molar-refractivity contribution in [3.63, 3.8) is 0 Å². The van der Waals surface area contributed by atoms with Crippen LogP contribution in [-0.2, 0) is 6.42 Å². The molecule has 0 saturated heterocycles. The summed E-state index contributed by atoms with van der Waals surface area (Å²) in [4.78, 5) is 1.18. The standard InChI is InChI=1S/C15H18BrNO2S/c1-9-6-14(20-15(9)16)11(17)7-10-4-5-12(18-2)13(8-10)19-3/h4-6,8,11H,7,17H2,1-3H3. The summed E-state index contributed by atoms with van der Waals surface area (Å²) in [5.41, 5.74) is 8.65. The molecule has 20 heavy (non-hydrogen) atoms. The molecule has 0 spiro atoms. The van der Waals surface area contributed by atoms with Crippen molar-refractivity contribution in [1.29, 1.82) is 0 Å². The second-order valence-electron chi connectivity index (χ2n) is 4.61. The molecule has 108 valence electrons. The number of ether oxygens (including phenoxy) is 2. The largest absolute Gasteiger partial charge is 0.493 e. The van der Waals surface area contributed by atoms with E-state index in [4.69, 9.17) is 15.2 Å². The van der Waals surface area contributed by atoms with Gasteiger partial charge in [0.15, 0.2) is 11.5 Å². The maximum absolute atomic E-state index is 6.29. The van der Waals surface area contributed by atoms with E-state index in [1.54, 1.807) is 25.6 Å². The predicted octanol–water partition coefficient (Wildman–Crippen LogP) is 4.08. The number of aryl methyl sites for hydroxylation is 1. The minimum atomic E-state index is -0.0110. The van der Waals surface area contributed by atoms with Crippen LogP contribution in [0.4, 0.5) is 0 Å². The van der Waals surface area contributed by atoms with Gasteiger partial charge in [0.25, 0.3) is 0 Å². The van der Waals surface area contributed by atoms with E-state index in [-0.39, 0.29) is 6.04 Å². The molecule has 1 unspecified atom stereocenters. The zero-order valence-electron chi connectivity index (χ0n) is 11.8. The first-order valence-corrected chi connectivity index (χ1v) is 7.88. The van der Waals surface area contributed by atoms with Gasteiger partial charge in [0.05, 0.1) is 18.0 Å². The minimum Gasteiger partial charge on any atom is -0.493 e. The van der Waals surface area contributed by atoms with Gasteiger partial charge in [0.1, 0.15) is 0 Å². The number of hydrogen-bond acceptors (Lipinski definition) is 4. The minimum absolute atomic E-state index is 0.0110. The molecule has 0 aliphatic rings. The van der Waals surface area contributed by atoms with Crippen LogP contribution in [0.1, 0.15) is 22.0 Å². The summed E-state index contributed by atoms with van der Waals surface area (Å²) in [5, 5.41) is 0. The van der Waals surface area contributed by atoms with E-state index in [0.29, 0.717) is 0 Å². The molecule has 5 heteroatoms. The smallest absolute Gasteiger partial charge is 0.160 e. The molecular formula is C15H18BrNO2S. The molecule has 0 radical (unpaired) electrons. The maximum Gasteiger partial charge on any atom is 0.160 e. The highest BCUT2D eigenvalue weighted by molar-refractivity contribution is 9.11. The Hall–Kier alpha value is -1.04. The fourth-order valence-electron chi connectivity index (χ4n) is 2.03. The Balaban J connectivity index is 2.17. The number of nitrogens with two attached hydrogens (primary N) is 1. The lowest BCUT2D eigenvalue weighted by Gasteiger charge is -2.12. The predicted molar refractivity (Wildman–Crippen MR) is 86.9 cm³/mol. The van der Waals surface area contributed by atoms with Gasteiger partial charge in [0, 0.05) is 10.9 Å². The molecule has 0 aliphatic heterocycles. The van der Waals surface area contributed by atoms with Gasteiger partial charge in [0.2, 0.25) is 0 Å². The van der Waals surface area contributed by atoms with Gasteiger partial charge in [-0.15, -0.1) is 11.3 Å². The number of thiophene rings is 1. The lowest BCUT2D eigenvalue weighted by molar-refractivity contribution is 0.354. The van der Waals surface area contributed by atoms with Crippen LogP contribution in [-0.4, -0.2) is 14.2 Å². The van der Waals surface area contributed by atoms with Crippen molar-refractivity contribution in [1.82, 2.24) is 0 Å².